The van der Waals surface area contributed by atoms with E-state index in [1.807, 2.05) is 12.3 Å². The lowest BCUT2D eigenvalue weighted by molar-refractivity contribution is 0.575. The van der Waals surface area contributed by atoms with Crippen LogP contribution in [0.5, 0.6) is 0 Å². The van der Waals surface area contributed by atoms with Gasteiger partial charge in [0.1, 0.15) is 6.33 Å². The maximum Gasteiger partial charge on any atom is 0.116 e. The molecule has 0 saturated heterocycles. The smallest absolute Gasteiger partial charge is 0.116 e. The molecule has 2 aromatic rings. The van der Waals surface area contributed by atoms with E-state index in [2.05, 4.69) is 35.7 Å². The highest BCUT2D eigenvalue weighted by Gasteiger charge is 2.18. The Hall–Kier alpha value is -1.51. The van der Waals surface area contributed by atoms with Gasteiger partial charge in [-0.25, -0.2) is 9.97 Å². The Kier molecular flexibility index (Phi) is 1.95. The molecule has 2 aromatic heterocycles. The first-order valence-electron chi connectivity index (χ1n) is 4.64. The van der Waals surface area contributed by atoms with Crippen molar-refractivity contribution < 1.29 is 0 Å². The number of pyridine rings is 1. The van der Waals surface area contributed by atoms with Crippen LogP contribution in [-0.4, -0.2) is 15.0 Å². The normalized spacial score (nSPS) is 11.9. The maximum atomic E-state index is 4.40. The average Bonchev–Trinajstić information content (AvgIpc) is 2.15. The van der Waals surface area contributed by atoms with Gasteiger partial charge in [-0.2, -0.15) is 0 Å². The van der Waals surface area contributed by atoms with Crippen LogP contribution in [0.4, 0.5) is 0 Å². The first-order valence-corrected chi connectivity index (χ1v) is 4.64. The van der Waals surface area contributed by atoms with E-state index >= 15 is 0 Å². The third kappa shape index (κ3) is 1.45. The molecule has 0 bridgehead atoms. The molecule has 0 radical (unpaired) electrons. The fraction of sp³-hybridized carbons (Fsp3) is 0.364. The minimum absolute atomic E-state index is 0.0320. The van der Waals surface area contributed by atoms with E-state index in [0.717, 1.165) is 16.6 Å². The van der Waals surface area contributed by atoms with E-state index in [1.165, 1.54) is 0 Å². The van der Waals surface area contributed by atoms with Gasteiger partial charge in [0.05, 0.1) is 11.2 Å². The van der Waals surface area contributed by atoms with Crippen LogP contribution in [0.15, 0.2) is 24.8 Å². The topological polar surface area (TPSA) is 38.7 Å². The summed E-state index contributed by atoms with van der Waals surface area (Å²) in [5.41, 5.74) is 2.04. The second-order valence-electron chi connectivity index (χ2n) is 4.37. The van der Waals surface area contributed by atoms with Gasteiger partial charge in [-0.15, -0.1) is 0 Å². The lowest BCUT2D eigenvalue weighted by Crippen LogP contribution is -2.14. The molecule has 3 nitrogen and oxygen atoms in total. The van der Waals surface area contributed by atoms with Crippen molar-refractivity contribution in [3.63, 3.8) is 0 Å². The molecule has 2 rings (SSSR count). The van der Waals surface area contributed by atoms with Gasteiger partial charge in [-0.3, -0.25) is 4.98 Å². The van der Waals surface area contributed by atoms with E-state index in [-0.39, 0.29) is 5.41 Å². The van der Waals surface area contributed by atoms with Crippen molar-refractivity contribution in [2.75, 3.05) is 0 Å². The standard InChI is InChI=1S/C11H13N3/c1-11(2,3)10-8-6-12-7-14-9(8)4-5-13-10/h4-7H,1-3H3. The lowest BCUT2D eigenvalue weighted by Gasteiger charge is -2.18. The highest BCUT2D eigenvalue weighted by Crippen LogP contribution is 2.25. The molecular weight excluding hydrogens is 174 g/mol. The van der Waals surface area contributed by atoms with Gasteiger partial charge in [0.15, 0.2) is 0 Å². The van der Waals surface area contributed by atoms with Crippen molar-refractivity contribution in [1.29, 1.82) is 0 Å². The highest BCUT2D eigenvalue weighted by atomic mass is 14.8. The Morgan fingerprint density at radius 2 is 1.93 bits per heavy atom. The van der Waals surface area contributed by atoms with Crippen LogP contribution in [0, 0.1) is 0 Å². The minimum atomic E-state index is 0.0320. The van der Waals surface area contributed by atoms with E-state index in [9.17, 15) is 0 Å². The van der Waals surface area contributed by atoms with Crippen molar-refractivity contribution >= 4 is 10.9 Å². The third-order valence-electron chi connectivity index (χ3n) is 2.14. The molecule has 0 aliphatic heterocycles. The Bertz CT molecular complexity index is 452. The van der Waals surface area contributed by atoms with E-state index in [4.69, 9.17) is 0 Å². The first-order chi connectivity index (χ1) is 6.59. The number of aromatic nitrogens is 3. The first kappa shape index (κ1) is 9.06. The van der Waals surface area contributed by atoms with E-state index in [0.29, 0.717) is 0 Å². The van der Waals surface area contributed by atoms with Gasteiger partial charge in [0.25, 0.3) is 0 Å². The molecule has 3 heteroatoms. The number of nitrogens with zero attached hydrogens (tertiary/aromatic N) is 3. The SMILES string of the molecule is CC(C)(C)c1nccc2ncncc12. The molecule has 0 spiro atoms. The summed E-state index contributed by atoms with van der Waals surface area (Å²) < 4.78 is 0. The molecule has 0 aliphatic rings. The zero-order chi connectivity index (χ0) is 10.2. The van der Waals surface area contributed by atoms with Gasteiger partial charge in [0, 0.05) is 23.2 Å². The maximum absolute atomic E-state index is 4.40. The average molecular weight is 187 g/mol. The van der Waals surface area contributed by atoms with Crippen molar-refractivity contribution in [3.05, 3.63) is 30.5 Å². The number of rotatable bonds is 0. The van der Waals surface area contributed by atoms with Crippen LogP contribution in [0.1, 0.15) is 26.5 Å². The Labute approximate surface area is 83.2 Å². The zero-order valence-corrected chi connectivity index (χ0v) is 8.65. The molecule has 0 amide bonds. The van der Waals surface area contributed by atoms with Crippen LogP contribution >= 0.6 is 0 Å². The third-order valence-corrected chi connectivity index (χ3v) is 2.14. The van der Waals surface area contributed by atoms with E-state index < -0.39 is 0 Å². The molecule has 0 unspecified atom stereocenters. The van der Waals surface area contributed by atoms with Gasteiger partial charge in [-0.1, -0.05) is 20.8 Å². The molecule has 0 atom stereocenters. The van der Waals surface area contributed by atoms with Crippen LogP contribution < -0.4 is 0 Å². The second-order valence-corrected chi connectivity index (χ2v) is 4.37. The number of fused-ring (bicyclic) bond motifs is 1. The second kappa shape index (κ2) is 3.01. The van der Waals surface area contributed by atoms with Gasteiger partial charge in [-0.05, 0) is 6.07 Å². The van der Waals surface area contributed by atoms with Crippen molar-refractivity contribution in [2.45, 2.75) is 26.2 Å². The molecule has 2 heterocycles. The fourth-order valence-corrected chi connectivity index (χ4v) is 1.50. The van der Waals surface area contributed by atoms with Gasteiger partial charge < -0.3 is 0 Å². The predicted molar refractivity (Wildman–Crippen MR) is 56.0 cm³/mol. The van der Waals surface area contributed by atoms with Crippen LogP contribution in [-0.2, 0) is 5.41 Å². The van der Waals surface area contributed by atoms with Crippen LogP contribution in [0.3, 0.4) is 0 Å². The predicted octanol–water partition coefficient (Wildman–Crippen LogP) is 2.32. The molecule has 0 fully saturated rings. The summed E-state index contributed by atoms with van der Waals surface area (Å²) in [4.78, 5) is 12.6. The van der Waals surface area contributed by atoms with Gasteiger partial charge >= 0.3 is 0 Å². The highest BCUT2D eigenvalue weighted by molar-refractivity contribution is 5.80. The molecular formula is C11H13N3. The molecule has 0 saturated carbocycles. The van der Waals surface area contributed by atoms with Gasteiger partial charge in [0.2, 0.25) is 0 Å². The van der Waals surface area contributed by atoms with Crippen molar-refractivity contribution in [2.24, 2.45) is 0 Å². The molecule has 0 N–H and O–H groups in total. The summed E-state index contributed by atoms with van der Waals surface area (Å²) in [7, 11) is 0. The molecule has 72 valence electrons. The summed E-state index contributed by atoms with van der Waals surface area (Å²) in [6.07, 6.45) is 5.20. The molecule has 0 aliphatic carbocycles. The van der Waals surface area contributed by atoms with Crippen molar-refractivity contribution in [1.82, 2.24) is 15.0 Å². The number of hydrogen-bond donors (Lipinski definition) is 0. The molecule has 14 heavy (non-hydrogen) atoms. The lowest BCUT2D eigenvalue weighted by atomic mass is 9.89. The Morgan fingerprint density at radius 1 is 1.14 bits per heavy atom. The summed E-state index contributed by atoms with van der Waals surface area (Å²) in [6, 6.07) is 1.91. The zero-order valence-electron chi connectivity index (χ0n) is 8.65. The van der Waals surface area contributed by atoms with Crippen molar-refractivity contribution in [3.8, 4) is 0 Å². The molecule has 0 aromatic carbocycles. The Balaban J connectivity index is 2.78. The minimum Gasteiger partial charge on any atom is -0.260 e. The van der Waals surface area contributed by atoms with Crippen LogP contribution in [0.25, 0.3) is 10.9 Å². The summed E-state index contributed by atoms with van der Waals surface area (Å²) >= 11 is 0. The van der Waals surface area contributed by atoms with Crippen LogP contribution in [0.2, 0.25) is 0 Å². The van der Waals surface area contributed by atoms with E-state index in [1.54, 1.807) is 12.5 Å². The summed E-state index contributed by atoms with van der Waals surface area (Å²) in [6.45, 7) is 6.42. The Morgan fingerprint density at radius 3 is 2.64 bits per heavy atom. The summed E-state index contributed by atoms with van der Waals surface area (Å²) in [5.74, 6) is 0. The largest absolute Gasteiger partial charge is 0.260 e. The number of hydrogen-bond acceptors (Lipinski definition) is 3. The monoisotopic (exact) mass is 187 g/mol. The quantitative estimate of drug-likeness (QED) is 0.635. The summed E-state index contributed by atoms with van der Waals surface area (Å²) in [5, 5.41) is 1.04. The fourth-order valence-electron chi connectivity index (χ4n) is 1.50.